The molecular weight excluding hydrogens is 299 g/mol. The van der Waals surface area contributed by atoms with Crippen molar-refractivity contribution in [3.63, 3.8) is 0 Å². The SMILES string of the molecule is Cc1cc(Br)cc2c(Cl)cc(C(F)F)nc12. The number of aromatic nitrogens is 1. The molecule has 0 aliphatic rings. The van der Waals surface area contributed by atoms with E-state index in [0.29, 0.717) is 15.9 Å². The van der Waals surface area contributed by atoms with Crippen molar-refractivity contribution in [2.75, 3.05) is 0 Å². The first-order valence-electron chi connectivity index (χ1n) is 4.53. The standard InChI is InChI=1S/C11H7BrClF2N/c1-5-2-6(12)3-7-8(13)4-9(11(14)15)16-10(5)7/h2-4,11H,1H3. The highest BCUT2D eigenvalue weighted by molar-refractivity contribution is 9.10. The lowest BCUT2D eigenvalue weighted by molar-refractivity contribution is 0.146. The second kappa shape index (κ2) is 4.26. The highest BCUT2D eigenvalue weighted by Crippen LogP contribution is 2.31. The van der Waals surface area contributed by atoms with E-state index in [0.717, 1.165) is 10.0 Å². The van der Waals surface area contributed by atoms with E-state index in [4.69, 9.17) is 11.6 Å². The first-order valence-corrected chi connectivity index (χ1v) is 5.70. The summed E-state index contributed by atoms with van der Waals surface area (Å²) in [6.45, 7) is 1.81. The van der Waals surface area contributed by atoms with E-state index < -0.39 is 6.43 Å². The van der Waals surface area contributed by atoms with Gasteiger partial charge >= 0.3 is 0 Å². The van der Waals surface area contributed by atoms with E-state index in [1.165, 1.54) is 6.07 Å². The summed E-state index contributed by atoms with van der Waals surface area (Å²) in [4.78, 5) is 3.92. The number of nitrogens with zero attached hydrogens (tertiary/aromatic N) is 1. The maximum absolute atomic E-state index is 12.6. The molecule has 2 aromatic rings. The van der Waals surface area contributed by atoms with E-state index in [-0.39, 0.29) is 5.69 Å². The van der Waals surface area contributed by atoms with Crippen molar-refractivity contribution in [2.45, 2.75) is 13.3 Å². The number of fused-ring (bicyclic) bond motifs is 1. The minimum atomic E-state index is -2.61. The predicted molar refractivity (Wildman–Crippen MR) is 64.1 cm³/mol. The minimum Gasteiger partial charge on any atom is -0.246 e. The van der Waals surface area contributed by atoms with Crippen molar-refractivity contribution in [1.82, 2.24) is 4.98 Å². The molecule has 0 aliphatic carbocycles. The second-order valence-electron chi connectivity index (χ2n) is 3.45. The van der Waals surface area contributed by atoms with Crippen LogP contribution in [-0.2, 0) is 0 Å². The molecule has 0 saturated heterocycles. The number of alkyl halides is 2. The fraction of sp³-hybridized carbons (Fsp3) is 0.182. The van der Waals surface area contributed by atoms with Gasteiger partial charge in [-0.05, 0) is 30.7 Å². The number of aryl methyl sites for hydroxylation is 1. The van der Waals surface area contributed by atoms with Gasteiger partial charge in [-0.2, -0.15) is 0 Å². The monoisotopic (exact) mass is 305 g/mol. The Morgan fingerprint density at radius 1 is 1.31 bits per heavy atom. The molecule has 84 valence electrons. The molecule has 0 bridgehead atoms. The van der Waals surface area contributed by atoms with Crippen LogP contribution in [0.3, 0.4) is 0 Å². The van der Waals surface area contributed by atoms with Gasteiger partial charge in [0, 0.05) is 9.86 Å². The lowest BCUT2D eigenvalue weighted by Gasteiger charge is -2.07. The number of hydrogen-bond acceptors (Lipinski definition) is 1. The quantitative estimate of drug-likeness (QED) is 0.730. The van der Waals surface area contributed by atoms with Gasteiger partial charge in [0.2, 0.25) is 0 Å². The van der Waals surface area contributed by atoms with Gasteiger partial charge in [0.15, 0.2) is 0 Å². The predicted octanol–water partition coefficient (Wildman–Crippen LogP) is 4.90. The number of benzene rings is 1. The van der Waals surface area contributed by atoms with Crippen LogP contribution in [0, 0.1) is 6.92 Å². The molecule has 1 aromatic carbocycles. The van der Waals surface area contributed by atoms with Crippen molar-refractivity contribution >= 4 is 38.4 Å². The zero-order valence-electron chi connectivity index (χ0n) is 8.27. The third-order valence-corrected chi connectivity index (χ3v) is 3.03. The number of halogens is 4. The summed E-state index contributed by atoms with van der Waals surface area (Å²) in [5.41, 5.74) is 1.04. The number of rotatable bonds is 1. The average molecular weight is 307 g/mol. The lowest BCUT2D eigenvalue weighted by atomic mass is 10.1. The summed E-state index contributed by atoms with van der Waals surface area (Å²) in [5, 5.41) is 0.975. The van der Waals surface area contributed by atoms with Crippen molar-refractivity contribution in [3.05, 3.63) is 39.0 Å². The highest BCUT2D eigenvalue weighted by Gasteiger charge is 2.13. The summed E-state index contributed by atoms with van der Waals surface area (Å²) in [5.74, 6) is 0. The molecule has 1 heterocycles. The summed E-state index contributed by atoms with van der Waals surface area (Å²) >= 11 is 9.29. The van der Waals surface area contributed by atoms with Gasteiger partial charge in [-0.1, -0.05) is 27.5 Å². The Bertz CT molecular complexity index is 557. The number of hydrogen-bond donors (Lipinski definition) is 0. The maximum atomic E-state index is 12.6. The van der Waals surface area contributed by atoms with Gasteiger partial charge < -0.3 is 0 Å². The average Bonchev–Trinajstić information content (AvgIpc) is 2.19. The van der Waals surface area contributed by atoms with Gasteiger partial charge in [0.1, 0.15) is 5.69 Å². The normalized spacial score (nSPS) is 11.4. The van der Waals surface area contributed by atoms with E-state index in [1.807, 2.05) is 13.0 Å². The Balaban J connectivity index is 2.82. The smallest absolute Gasteiger partial charge is 0.246 e. The third-order valence-electron chi connectivity index (χ3n) is 2.26. The van der Waals surface area contributed by atoms with E-state index in [9.17, 15) is 8.78 Å². The van der Waals surface area contributed by atoms with Gasteiger partial charge in [0.05, 0.1) is 10.5 Å². The van der Waals surface area contributed by atoms with Crippen molar-refractivity contribution in [2.24, 2.45) is 0 Å². The largest absolute Gasteiger partial charge is 0.280 e. The van der Waals surface area contributed by atoms with Gasteiger partial charge in [-0.3, -0.25) is 0 Å². The Morgan fingerprint density at radius 2 is 2.00 bits per heavy atom. The van der Waals surface area contributed by atoms with Gasteiger partial charge in [-0.15, -0.1) is 0 Å². The molecule has 0 unspecified atom stereocenters. The molecule has 16 heavy (non-hydrogen) atoms. The Hall–Kier alpha value is -0.740. The van der Waals surface area contributed by atoms with Crippen LogP contribution in [0.4, 0.5) is 8.78 Å². The first kappa shape index (κ1) is 11.7. The molecule has 1 nitrogen and oxygen atoms in total. The van der Waals surface area contributed by atoms with Crippen molar-refractivity contribution < 1.29 is 8.78 Å². The van der Waals surface area contributed by atoms with Crippen LogP contribution in [0.2, 0.25) is 5.02 Å². The van der Waals surface area contributed by atoms with Crippen molar-refractivity contribution in [1.29, 1.82) is 0 Å². The van der Waals surface area contributed by atoms with E-state index in [2.05, 4.69) is 20.9 Å². The van der Waals surface area contributed by atoms with Crippen LogP contribution in [-0.4, -0.2) is 4.98 Å². The van der Waals surface area contributed by atoms with Crippen LogP contribution < -0.4 is 0 Å². The molecule has 5 heteroatoms. The molecule has 0 amide bonds. The fourth-order valence-corrected chi connectivity index (χ4v) is 2.37. The lowest BCUT2D eigenvalue weighted by Crippen LogP contribution is -1.93. The van der Waals surface area contributed by atoms with Crippen LogP contribution in [0.15, 0.2) is 22.7 Å². The van der Waals surface area contributed by atoms with Crippen molar-refractivity contribution in [3.8, 4) is 0 Å². The van der Waals surface area contributed by atoms with E-state index in [1.54, 1.807) is 6.07 Å². The molecule has 0 saturated carbocycles. The topological polar surface area (TPSA) is 12.9 Å². The van der Waals surface area contributed by atoms with Crippen LogP contribution in [0.5, 0.6) is 0 Å². The molecule has 0 atom stereocenters. The summed E-state index contributed by atoms with van der Waals surface area (Å²) in [7, 11) is 0. The zero-order valence-corrected chi connectivity index (χ0v) is 10.6. The Labute approximate surface area is 105 Å². The van der Waals surface area contributed by atoms with Crippen LogP contribution in [0.25, 0.3) is 10.9 Å². The minimum absolute atomic E-state index is 0.289. The molecule has 0 N–H and O–H groups in total. The van der Waals surface area contributed by atoms with Crippen LogP contribution >= 0.6 is 27.5 Å². The number of pyridine rings is 1. The van der Waals surface area contributed by atoms with Crippen LogP contribution in [0.1, 0.15) is 17.7 Å². The van der Waals surface area contributed by atoms with Gasteiger partial charge in [0.25, 0.3) is 6.43 Å². The second-order valence-corrected chi connectivity index (χ2v) is 4.77. The molecule has 2 rings (SSSR count). The molecular formula is C11H7BrClF2N. The first-order chi connectivity index (χ1) is 7.49. The molecule has 0 fully saturated rings. The fourth-order valence-electron chi connectivity index (χ4n) is 1.55. The van der Waals surface area contributed by atoms with Gasteiger partial charge in [-0.25, -0.2) is 13.8 Å². The maximum Gasteiger partial charge on any atom is 0.280 e. The molecule has 1 aromatic heterocycles. The summed E-state index contributed by atoms with van der Waals surface area (Å²) in [6, 6.07) is 4.80. The Morgan fingerprint density at radius 3 is 2.62 bits per heavy atom. The zero-order chi connectivity index (χ0) is 11.9. The highest BCUT2D eigenvalue weighted by atomic mass is 79.9. The van der Waals surface area contributed by atoms with E-state index >= 15 is 0 Å². The summed E-state index contributed by atoms with van der Waals surface area (Å²) < 4.78 is 26.0. The Kier molecular flexibility index (Phi) is 3.13. The summed E-state index contributed by atoms with van der Waals surface area (Å²) in [6.07, 6.45) is -2.61. The molecule has 0 aliphatic heterocycles. The third kappa shape index (κ3) is 2.04. The molecule has 0 spiro atoms. The molecule has 0 radical (unpaired) electrons.